The fourth-order valence-electron chi connectivity index (χ4n) is 2.19. The topological polar surface area (TPSA) is 180 Å². The Morgan fingerprint density at radius 2 is 1.68 bits per heavy atom. The van der Waals surface area contributed by atoms with Crippen LogP contribution in [-0.2, 0) is 20.8 Å². The Kier molecular flexibility index (Phi) is 10.2. The Hall–Kier alpha value is -3.94. The number of rotatable bonds is 8. The van der Waals surface area contributed by atoms with Gasteiger partial charge in [0.15, 0.2) is 0 Å². The van der Waals surface area contributed by atoms with Crippen LogP contribution in [-0.4, -0.2) is 52.6 Å². The van der Waals surface area contributed by atoms with E-state index in [4.69, 9.17) is 30.9 Å². The van der Waals surface area contributed by atoms with Gasteiger partial charge in [-0.25, -0.2) is 9.59 Å². The van der Waals surface area contributed by atoms with Crippen LogP contribution < -0.4 is 15.8 Å². The third kappa shape index (κ3) is 9.68. The van der Waals surface area contributed by atoms with Crippen molar-refractivity contribution in [3.8, 4) is 5.75 Å². The van der Waals surface area contributed by atoms with Gasteiger partial charge in [-0.05, 0) is 42.8 Å². The summed E-state index contributed by atoms with van der Waals surface area (Å²) in [4.78, 5) is 44.6. The number of nitrogens with two attached hydrogens (primary N) is 1. The third-order valence-electron chi connectivity index (χ3n) is 3.85. The van der Waals surface area contributed by atoms with Crippen LogP contribution in [0.4, 0.5) is 13.2 Å². The molecule has 14 heteroatoms. The lowest BCUT2D eigenvalue weighted by Crippen LogP contribution is -2.34. The van der Waals surface area contributed by atoms with Gasteiger partial charge in [0, 0.05) is 16.4 Å². The molecule has 0 aliphatic rings. The van der Waals surface area contributed by atoms with E-state index in [0.717, 1.165) is 4.88 Å². The SMILES string of the molecule is CC(Cc1ccc(C(=O)Oc2ccc(C(=N)N)cc2)s1)C(=O)NCC(=O)O.O=C(O)C(F)(F)F. The minimum Gasteiger partial charge on any atom is -0.480 e. The molecule has 1 aromatic heterocycles. The number of thiophene rings is 1. The average Bonchev–Trinajstić information content (AvgIpc) is 3.20. The predicted molar refractivity (Wildman–Crippen MR) is 114 cm³/mol. The second kappa shape index (κ2) is 12.3. The number of benzene rings is 1. The zero-order valence-electron chi connectivity index (χ0n) is 17.5. The third-order valence-corrected chi connectivity index (χ3v) is 4.94. The lowest BCUT2D eigenvalue weighted by atomic mass is 10.1. The summed E-state index contributed by atoms with van der Waals surface area (Å²) in [6.45, 7) is 1.26. The number of carboxylic acid groups (broad SMARTS) is 2. The Labute approximate surface area is 194 Å². The van der Waals surface area contributed by atoms with Crippen molar-refractivity contribution in [2.45, 2.75) is 19.5 Å². The zero-order valence-corrected chi connectivity index (χ0v) is 18.3. The molecule has 34 heavy (non-hydrogen) atoms. The van der Waals surface area contributed by atoms with Gasteiger partial charge in [0.05, 0.1) is 0 Å². The van der Waals surface area contributed by atoms with E-state index >= 15 is 0 Å². The van der Waals surface area contributed by atoms with Gasteiger partial charge in [0.2, 0.25) is 5.91 Å². The zero-order chi connectivity index (χ0) is 26.1. The highest BCUT2D eigenvalue weighted by atomic mass is 32.1. The summed E-state index contributed by atoms with van der Waals surface area (Å²) in [6.07, 6.45) is -4.70. The minimum absolute atomic E-state index is 0.0720. The van der Waals surface area contributed by atoms with E-state index in [2.05, 4.69) is 5.32 Å². The number of amides is 1. The van der Waals surface area contributed by atoms with E-state index < -0.39 is 36.5 Å². The van der Waals surface area contributed by atoms with Crippen LogP contribution in [0.2, 0.25) is 0 Å². The molecule has 2 rings (SSSR count). The normalized spacial score (nSPS) is 11.4. The number of ether oxygens (including phenoxy) is 1. The van der Waals surface area contributed by atoms with E-state index in [0.29, 0.717) is 22.6 Å². The molecular formula is C20H20F3N3O7S. The van der Waals surface area contributed by atoms with Crippen molar-refractivity contribution in [3.63, 3.8) is 0 Å². The van der Waals surface area contributed by atoms with Gasteiger partial charge in [-0.2, -0.15) is 13.2 Å². The molecule has 0 saturated heterocycles. The molecule has 0 spiro atoms. The summed E-state index contributed by atoms with van der Waals surface area (Å²) >= 11 is 1.21. The maximum absolute atomic E-state index is 12.2. The van der Waals surface area contributed by atoms with Crippen LogP contribution >= 0.6 is 11.3 Å². The smallest absolute Gasteiger partial charge is 0.480 e. The maximum atomic E-state index is 12.2. The number of hydrogen-bond donors (Lipinski definition) is 5. The Morgan fingerprint density at radius 1 is 1.12 bits per heavy atom. The molecule has 1 heterocycles. The molecule has 1 aromatic carbocycles. The van der Waals surface area contributed by atoms with Gasteiger partial charge in [-0.3, -0.25) is 15.0 Å². The molecule has 1 atom stereocenters. The number of nitrogen functional groups attached to an aromatic ring is 1. The van der Waals surface area contributed by atoms with Crippen molar-refractivity contribution >= 4 is 41.0 Å². The number of halogens is 3. The van der Waals surface area contributed by atoms with E-state index in [9.17, 15) is 27.6 Å². The number of nitrogens with one attached hydrogen (secondary N) is 2. The molecule has 0 saturated carbocycles. The molecule has 0 radical (unpaired) electrons. The largest absolute Gasteiger partial charge is 0.490 e. The number of carbonyl (C=O) groups is 4. The molecule has 1 unspecified atom stereocenters. The predicted octanol–water partition coefficient (Wildman–Crippen LogP) is 2.26. The first kappa shape index (κ1) is 28.1. The second-order valence-electron chi connectivity index (χ2n) is 6.61. The van der Waals surface area contributed by atoms with Crippen LogP contribution in [0.5, 0.6) is 5.75 Å². The van der Waals surface area contributed by atoms with Crippen molar-refractivity contribution in [3.05, 3.63) is 51.7 Å². The maximum Gasteiger partial charge on any atom is 0.490 e. The van der Waals surface area contributed by atoms with Crippen LogP contribution in [0.25, 0.3) is 0 Å². The van der Waals surface area contributed by atoms with Gasteiger partial charge in [0.25, 0.3) is 0 Å². The second-order valence-corrected chi connectivity index (χ2v) is 7.78. The van der Waals surface area contributed by atoms with E-state index in [1.165, 1.54) is 11.3 Å². The van der Waals surface area contributed by atoms with Crippen molar-refractivity contribution < 1.29 is 47.3 Å². The van der Waals surface area contributed by atoms with Crippen LogP contribution in [0.15, 0.2) is 36.4 Å². The summed E-state index contributed by atoms with van der Waals surface area (Å²) in [5, 5.41) is 25.4. The lowest BCUT2D eigenvalue weighted by molar-refractivity contribution is -0.192. The summed E-state index contributed by atoms with van der Waals surface area (Å²) < 4.78 is 37.0. The minimum atomic E-state index is -5.08. The fraction of sp³-hybridized carbons (Fsp3) is 0.250. The van der Waals surface area contributed by atoms with Gasteiger partial charge in [-0.15, -0.1) is 11.3 Å². The number of alkyl halides is 3. The fourth-order valence-corrected chi connectivity index (χ4v) is 3.20. The number of carboxylic acids is 2. The number of carbonyl (C=O) groups excluding carboxylic acids is 2. The molecule has 184 valence electrons. The Balaban J connectivity index is 0.000000718. The van der Waals surface area contributed by atoms with Gasteiger partial charge in [0.1, 0.15) is 23.0 Å². The van der Waals surface area contributed by atoms with Gasteiger partial charge >= 0.3 is 24.1 Å². The first-order valence-electron chi connectivity index (χ1n) is 9.25. The van der Waals surface area contributed by atoms with Crippen LogP contribution in [0.3, 0.4) is 0 Å². The lowest BCUT2D eigenvalue weighted by Gasteiger charge is -2.09. The highest BCUT2D eigenvalue weighted by Gasteiger charge is 2.38. The molecule has 0 aliphatic carbocycles. The quantitative estimate of drug-likeness (QED) is 0.157. The Bertz CT molecular complexity index is 1050. The van der Waals surface area contributed by atoms with Gasteiger partial charge in [-0.1, -0.05) is 6.92 Å². The van der Waals surface area contributed by atoms with E-state index in [1.807, 2.05) is 0 Å². The molecule has 6 N–H and O–H groups in total. The number of hydrogen-bond acceptors (Lipinski definition) is 7. The number of esters is 1. The summed E-state index contributed by atoms with van der Waals surface area (Å²) in [5.41, 5.74) is 5.90. The molecule has 0 fully saturated rings. The summed E-state index contributed by atoms with van der Waals surface area (Å²) in [5.74, 6) is -4.91. The summed E-state index contributed by atoms with van der Waals surface area (Å²) in [7, 11) is 0. The van der Waals surface area contributed by atoms with Crippen LogP contribution in [0, 0.1) is 11.3 Å². The van der Waals surface area contributed by atoms with Crippen molar-refractivity contribution in [2.24, 2.45) is 11.7 Å². The molecule has 10 nitrogen and oxygen atoms in total. The monoisotopic (exact) mass is 503 g/mol. The molecular weight excluding hydrogens is 483 g/mol. The number of amidine groups is 1. The van der Waals surface area contributed by atoms with Crippen molar-refractivity contribution in [1.82, 2.24) is 5.32 Å². The van der Waals surface area contributed by atoms with E-state index in [1.54, 1.807) is 43.3 Å². The highest BCUT2D eigenvalue weighted by Crippen LogP contribution is 2.22. The highest BCUT2D eigenvalue weighted by molar-refractivity contribution is 7.13. The Morgan fingerprint density at radius 3 is 2.15 bits per heavy atom. The summed E-state index contributed by atoms with van der Waals surface area (Å²) in [6, 6.07) is 9.63. The number of aliphatic carboxylic acids is 2. The molecule has 0 aliphatic heterocycles. The average molecular weight is 503 g/mol. The molecule has 0 bridgehead atoms. The van der Waals surface area contributed by atoms with Crippen molar-refractivity contribution in [2.75, 3.05) is 6.54 Å². The molecule has 1 amide bonds. The molecule has 2 aromatic rings. The van der Waals surface area contributed by atoms with Gasteiger partial charge < -0.3 is 26.0 Å². The van der Waals surface area contributed by atoms with Crippen molar-refractivity contribution in [1.29, 1.82) is 5.41 Å². The first-order chi connectivity index (χ1) is 15.7. The first-order valence-corrected chi connectivity index (χ1v) is 10.1. The van der Waals surface area contributed by atoms with E-state index in [-0.39, 0.29) is 11.7 Å². The standard InChI is InChI=1S/C18H19N3O5S.C2HF3O2/c1-10(17(24)21-9-15(22)23)8-13-6-7-14(27-13)18(25)26-12-4-2-11(3-5-12)16(19)20;3-2(4,5)1(6)7/h2-7,10H,8-9H2,1H3,(H3,19,20)(H,21,24)(H,22,23);(H,6,7). The van der Waals surface area contributed by atoms with Crippen LogP contribution in [0.1, 0.15) is 27.0 Å².